The molecule has 1 N–H and O–H groups in total. The number of hydrogen-bond acceptors (Lipinski definition) is 3. The maximum atomic E-state index is 8.98. The number of nitrogens with zero attached hydrogens (tertiary/aromatic N) is 3. The van der Waals surface area contributed by atoms with Gasteiger partial charge in [0.1, 0.15) is 0 Å². The monoisotopic (exact) mass is 316 g/mol. The van der Waals surface area contributed by atoms with Gasteiger partial charge in [0, 0.05) is 30.1 Å². The third kappa shape index (κ3) is 4.67. The van der Waals surface area contributed by atoms with Crippen molar-refractivity contribution >= 4 is 17.7 Å². The van der Waals surface area contributed by atoms with Gasteiger partial charge in [-0.1, -0.05) is 12.1 Å². The molecule has 1 aromatic carbocycles. The van der Waals surface area contributed by atoms with Crippen molar-refractivity contribution in [2.24, 2.45) is 4.99 Å². The van der Waals surface area contributed by atoms with Crippen LogP contribution >= 0.6 is 11.8 Å². The molecule has 0 aromatic heterocycles. The molecule has 1 fully saturated rings. The number of thioether (sulfide) groups is 1. The molecule has 22 heavy (non-hydrogen) atoms. The number of benzene rings is 1. The first kappa shape index (κ1) is 16.7. The number of nitrogens with one attached hydrogen (secondary N) is 1. The van der Waals surface area contributed by atoms with Gasteiger partial charge in [-0.05, 0) is 38.5 Å². The maximum Gasteiger partial charge on any atom is 0.194 e. The van der Waals surface area contributed by atoms with Crippen LogP contribution in [0.4, 0.5) is 0 Å². The summed E-state index contributed by atoms with van der Waals surface area (Å²) < 4.78 is 0.259. The van der Waals surface area contributed by atoms with E-state index in [0.717, 1.165) is 36.9 Å². The molecule has 118 valence electrons. The van der Waals surface area contributed by atoms with Gasteiger partial charge in [0.25, 0.3) is 0 Å². The molecule has 0 saturated carbocycles. The van der Waals surface area contributed by atoms with Crippen molar-refractivity contribution in [2.45, 2.75) is 32.1 Å². The smallest absolute Gasteiger partial charge is 0.194 e. The highest BCUT2D eigenvalue weighted by molar-refractivity contribution is 8.00. The number of nitriles is 1. The molecule has 5 heteroatoms. The average Bonchev–Trinajstić information content (AvgIpc) is 2.50. The van der Waals surface area contributed by atoms with Crippen LogP contribution in [-0.4, -0.2) is 41.0 Å². The molecule has 2 rings (SSSR count). The third-order valence-corrected chi connectivity index (χ3v) is 4.82. The molecule has 4 nitrogen and oxygen atoms in total. The molecule has 0 bridgehead atoms. The Morgan fingerprint density at radius 3 is 3.00 bits per heavy atom. The first-order valence-corrected chi connectivity index (χ1v) is 8.69. The van der Waals surface area contributed by atoms with Crippen LogP contribution in [0, 0.1) is 11.3 Å². The van der Waals surface area contributed by atoms with Crippen molar-refractivity contribution in [2.75, 3.05) is 25.4 Å². The minimum Gasteiger partial charge on any atom is -0.357 e. The van der Waals surface area contributed by atoms with Gasteiger partial charge in [-0.25, -0.2) is 4.99 Å². The van der Waals surface area contributed by atoms with Crippen molar-refractivity contribution in [3.8, 4) is 6.07 Å². The summed E-state index contributed by atoms with van der Waals surface area (Å²) in [6.45, 7) is 10.1. The first-order valence-electron chi connectivity index (χ1n) is 7.70. The second-order valence-electron chi connectivity index (χ2n) is 6.01. The lowest BCUT2D eigenvalue weighted by atomic mass is 10.1. The summed E-state index contributed by atoms with van der Waals surface area (Å²) in [6.07, 6.45) is 0. The topological polar surface area (TPSA) is 51.4 Å². The lowest BCUT2D eigenvalue weighted by Gasteiger charge is -2.39. The predicted molar refractivity (Wildman–Crippen MR) is 94.1 cm³/mol. The van der Waals surface area contributed by atoms with Gasteiger partial charge < -0.3 is 10.2 Å². The number of aliphatic imine (C=N–C) groups is 1. The lowest BCUT2D eigenvalue weighted by molar-refractivity contribution is 0.376. The number of guanidine groups is 1. The Balaban J connectivity index is 2.11. The Labute approximate surface area is 137 Å². The summed E-state index contributed by atoms with van der Waals surface area (Å²) in [5.74, 6) is 2.10. The van der Waals surface area contributed by atoms with Crippen molar-refractivity contribution in [3.63, 3.8) is 0 Å². The van der Waals surface area contributed by atoms with Crippen LogP contribution in [0.5, 0.6) is 0 Å². The van der Waals surface area contributed by atoms with Crippen LogP contribution in [0.1, 0.15) is 31.9 Å². The van der Waals surface area contributed by atoms with Gasteiger partial charge in [-0.2, -0.15) is 17.0 Å². The molecular weight excluding hydrogens is 292 g/mol. The Bertz CT molecular complexity index is 574. The Kier molecular flexibility index (Phi) is 5.73. The van der Waals surface area contributed by atoms with Crippen LogP contribution in [-0.2, 0) is 6.54 Å². The number of hydrogen-bond donors (Lipinski definition) is 1. The predicted octanol–water partition coefficient (Wildman–Crippen LogP) is 2.85. The minimum atomic E-state index is 0.259. The largest absolute Gasteiger partial charge is 0.357 e. The molecule has 1 heterocycles. The van der Waals surface area contributed by atoms with Crippen LogP contribution < -0.4 is 5.32 Å². The molecule has 1 aliphatic heterocycles. The normalized spacial score (nSPS) is 17.9. The molecule has 1 aromatic rings. The lowest BCUT2D eigenvalue weighted by Crippen LogP contribution is -2.50. The fraction of sp³-hybridized carbons (Fsp3) is 0.529. The Hall–Kier alpha value is -1.67. The Morgan fingerprint density at radius 2 is 2.32 bits per heavy atom. The Morgan fingerprint density at radius 1 is 1.50 bits per heavy atom. The van der Waals surface area contributed by atoms with E-state index in [0.29, 0.717) is 12.1 Å². The van der Waals surface area contributed by atoms with Crippen molar-refractivity contribution < 1.29 is 0 Å². The summed E-state index contributed by atoms with van der Waals surface area (Å²) >= 11 is 2.02. The van der Waals surface area contributed by atoms with Crippen molar-refractivity contribution in [3.05, 3.63) is 35.4 Å². The molecule has 1 aliphatic rings. The summed E-state index contributed by atoms with van der Waals surface area (Å²) in [7, 11) is 0. The van der Waals surface area contributed by atoms with E-state index in [1.807, 2.05) is 36.0 Å². The zero-order valence-electron chi connectivity index (χ0n) is 13.6. The van der Waals surface area contributed by atoms with E-state index in [-0.39, 0.29) is 4.75 Å². The van der Waals surface area contributed by atoms with E-state index in [1.165, 1.54) is 0 Å². The second kappa shape index (κ2) is 7.55. The highest BCUT2D eigenvalue weighted by Crippen LogP contribution is 2.29. The summed E-state index contributed by atoms with van der Waals surface area (Å²) in [5.41, 5.74) is 1.76. The second-order valence-corrected chi connectivity index (χ2v) is 7.81. The molecule has 0 aliphatic carbocycles. The van der Waals surface area contributed by atoms with Crippen molar-refractivity contribution in [1.29, 1.82) is 5.26 Å². The minimum absolute atomic E-state index is 0.259. The summed E-state index contributed by atoms with van der Waals surface area (Å²) in [6, 6.07) is 9.84. The van der Waals surface area contributed by atoms with Crippen LogP contribution in [0.15, 0.2) is 29.3 Å². The zero-order chi connectivity index (χ0) is 16.0. The molecular formula is C17H24N4S. The van der Waals surface area contributed by atoms with E-state index in [1.54, 1.807) is 0 Å². The fourth-order valence-corrected chi connectivity index (χ4v) is 3.64. The molecule has 0 spiro atoms. The van der Waals surface area contributed by atoms with E-state index >= 15 is 0 Å². The standard InChI is InChI=1S/C17H24N4S/c1-4-19-16(21-8-9-22-17(2,3)13-21)20-12-15-7-5-6-14(10-15)11-18/h5-7,10H,4,8-9,12-13H2,1-3H3,(H,19,20). The van der Waals surface area contributed by atoms with Gasteiger partial charge in [-0.3, -0.25) is 0 Å². The molecule has 1 saturated heterocycles. The van der Waals surface area contributed by atoms with Crippen LogP contribution in [0.25, 0.3) is 0 Å². The molecule has 0 radical (unpaired) electrons. The van der Waals surface area contributed by atoms with Gasteiger partial charge in [0.05, 0.1) is 18.2 Å². The summed E-state index contributed by atoms with van der Waals surface area (Å²) in [4.78, 5) is 7.10. The van der Waals surface area contributed by atoms with E-state index < -0.39 is 0 Å². The van der Waals surface area contributed by atoms with Crippen LogP contribution in [0.3, 0.4) is 0 Å². The van der Waals surface area contributed by atoms with Gasteiger partial charge in [0.2, 0.25) is 0 Å². The van der Waals surface area contributed by atoms with Gasteiger partial charge in [0.15, 0.2) is 5.96 Å². The quantitative estimate of drug-likeness (QED) is 0.688. The highest BCUT2D eigenvalue weighted by Gasteiger charge is 2.28. The molecule has 0 amide bonds. The molecule has 0 unspecified atom stereocenters. The van der Waals surface area contributed by atoms with E-state index in [9.17, 15) is 0 Å². The van der Waals surface area contributed by atoms with E-state index in [4.69, 9.17) is 10.3 Å². The third-order valence-electron chi connectivity index (χ3n) is 3.53. The molecule has 0 atom stereocenters. The summed E-state index contributed by atoms with van der Waals surface area (Å²) in [5, 5.41) is 12.4. The van der Waals surface area contributed by atoms with Gasteiger partial charge >= 0.3 is 0 Å². The number of rotatable bonds is 3. The SMILES string of the molecule is CCNC(=NCc1cccc(C#N)c1)N1CCSC(C)(C)C1. The maximum absolute atomic E-state index is 8.98. The highest BCUT2D eigenvalue weighted by atomic mass is 32.2. The first-order chi connectivity index (χ1) is 10.5. The van der Waals surface area contributed by atoms with Crippen LogP contribution in [0.2, 0.25) is 0 Å². The van der Waals surface area contributed by atoms with Crippen molar-refractivity contribution in [1.82, 2.24) is 10.2 Å². The van der Waals surface area contributed by atoms with Gasteiger partial charge in [-0.15, -0.1) is 0 Å². The fourth-order valence-electron chi connectivity index (χ4n) is 2.53. The van der Waals surface area contributed by atoms with E-state index in [2.05, 4.69) is 37.1 Å². The average molecular weight is 316 g/mol. The zero-order valence-corrected chi connectivity index (χ0v) is 14.4.